The average molecular weight is 404 g/mol. The van der Waals surface area contributed by atoms with Gasteiger partial charge >= 0.3 is 6.09 Å². The van der Waals surface area contributed by atoms with Gasteiger partial charge in [0.2, 0.25) is 5.91 Å². The SMILES string of the molecule is O=C(O)NCCNC(=O)Cc1ccc(OCc2ccc(-c3ccccc3)cc2)cc1. The predicted octanol–water partition coefficient (Wildman–Crippen LogP) is 3.86. The zero-order valence-corrected chi connectivity index (χ0v) is 16.5. The minimum absolute atomic E-state index is 0.158. The minimum Gasteiger partial charge on any atom is -0.489 e. The van der Waals surface area contributed by atoms with Crippen molar-refractivity contribution < 1.29 is 19.4 Å². The van der Waals surface area contributed by atoms with E-state index in [1.807, 2.05) is 42.5 Å². The van der Waals surface area contributed by atoms with Crippen molar-refractivity contribution in [2.24, 2.45) is 0 Å². The predicted molar refractivity (Wildman–Crippen MR) is 115 cm³/mol. The maximum Gasteiger partial charge on any atom is 0.404 e. The van der Waals surface area contributed by atoms with Crippen LogP contribution in [0.3, 0.4) is 0 Å². The molecule has 0 saturated carbocycles. The van der Waals surface area contributed by atoms with Crippen molar-refractivity contribution in [1.29, 1.82) is 0 Å². The van der Waals surface area contributed by atoms with Gasteiger partial charge in [0.05, 0.1) is 6.42 Å². The fourth-order valence-electron chi connectivity index (χ4n) is 2.91. The highest BCUT2D eigenvalue weighted by atomic mass is 16.5. The van der Waals surface area contributed by atoms with Gasteiger partial charge in [-0.3, -0.25) is 4.79 Å². The molecule has 0 spiro atoms. The quantitative estimate of drug-likeness (QED) is 0.473. The fourth-order valence-corrected chi connectivity index (χ4v) is 2.91. The summed E-state index contributed by atoms with van der Waals surface area (Å²) in [5.41, 5.74) is 4.29. The normalized spacial score (nSPS) is 10.3. The van der Waals surface area contributed by atoms with Crippen LogP contribution < -0.4 is 15.4 Å². The highest BCUT2D eigenvalue weighted by molar-refractivity contribution is 5.78. The number of carboxylic acid groups (broad SMARTS) is 1. The first-order valence-electron chi connectivity index (χ1n) is 9.70. The molecule has 0 bridgehead atoms. The second-order valence-corrected chi connectivity index (χ2v) is 6.75. The summed E-state index contributed by atoms with van der Waals surface area (Å²) < 4.78 is 5.84. The van der Waals surface area contributed by atoms with Gasteiger partial charge in [0, 0.05) is 13.1 Å². The molecule has 3 aromatic carbocycles. The summed E-state index contributed by atoms with van der Waals surface area (Å²) in [4.78, 5) is 22.2. The van der Waals surface area contributed by atoms with E-state index in [-0.39, 0.29) is 25.4 Å². The molecule has 0 fully saturated rings. The van der Waals surface area contributed by atoms with Crippen molar-refractivity contribution in [1.82, 2.24) is 10.6 Å². The van der Waals surface area contributed by atoms with Crippen LogP contribution in [0, 0.1) is 0 Å². The third-order valence-electron chi connectivity index (χ3n) is 4.48. The monoisotopic (exact) mass is 404 g/mol. The van der Waals surface area contributed by atoms with Gasteiger partial charge in [-0.15, -0.1) is 0 Å². The van der Waals surface area contributed by atoms with E-state index in [2.05, 4.69) is 47.0 Å². The Morgan fingerprint density at radius 1 is 0.733 bits per heavy atom. The van der Waals surface area contributed by atoms with Gasteiger partial charge < -0.3 is 20.5 Å². The number of nitrogens with one attached hydrogen (secondary N) is 2. The summed E-state index contributed by atoms with van der Waals surface area (Å²) in [6, 6.07) is 25.9. The first-order valence-corrected chi connectivity index (χ1v) is 9.70. The lowest BCUT2D eigenvalue weighted by atomic mass is 10.0. The number of benzene rings is 3. The van der Waals surface area contributed by atoms with Gasteiger partial charge in [-0.1, -0.05) is 66.7 Å². The molecule has 0 unspecified atom stereocenters. The van der Waals surface area contributed by atoms with Gasteiger partial charge in [0.15, 0.2) is 0 Å². The maximum absolute atomic E-state index is 11.9. The van der Waals surface area contributed by atoms with Crippen molar-refractivity contribution in [3.63, 3.8) is 0 Å². The Bertz CT molecular complexity index is 955. The van der Waals surface area contributed by atoms with Gasteiger partial charge in [0.25, 0.3) is 0 Å². The van der Waals surface area contributed by atoms with Gasteiger partial charge in [0.1, 0.15) is 12.4 Å². The summed E-state index contributed by atoms with van der Waals surface area (Å²) in [6.45, 7) is 0.904. The average Bonchev–Trinajstić information content (AvgIpc) is 2.77. The molecule has 2 amide bonds. The van der Waals surface area contributed by atoms with Crippen molar-refractivity contribution in [2.75, 3.05) is 13.1 Å². The van der Waals surface area contributed by atoms with E-state index in [0.717, 1.165) is 16.9 Å². The molecule has 30 heavy (non-hydrogen) atoms. The second kappa shape index (κ2) is 10.7. The Morgan fingerprint density at radius 3 is 2.00 bits per heavy atom. The number of carbonyl (C=O) groups is 2. The van der Waals surface area contributed by atoms with Crippen LogP contribution >= 0.6 is 0 Å². The Labute approximate surface area is 175 Å². The van der Waals surface area contributed by atoms with Crippen molar-refractivity contribution in [3.05, 3.63) is 90.0 Å². The van der Waals surface area contributed by atoms with E-state index in [9.17, 15) is 9.59 Å². The molecular formula is C24H24N2O4. The van der Waals surface area contributed by atoms with Gasteiger partial charge in [-0.05, 0) is 34.4 Å². The van der Waals surface area contributed by atoms with E-state index in [1.54, 1.807) is 0 Å². The van der Waals surface area contributed by atoms with Crippen LogP contribution in [0.5, 0.6) is 5.75 Å². The van der Waals surface area contributed by atoms with Gasteiger partial charge in [-0.2, -0.15) is 0 Å². The fraction of sp³-hybridized carbons (Fsp3) is 0.167. The molecule has 0 radical (unpaired) electrons. The lowest BCUT2D eigenvalue weighted by molar-refractivity contribution is -0.120. The van der Waals surface area contributed by atoms with Crippen LogP contribution in [-0.2, 0) is 17.8 Å². The highest BCUT2D eigenvalue weighted by Gasteiger charge is 2.04. The number of hydrogen-bond acceptors (Lipinski definition) is 3. The smallest absolute Gasteiger partial charge is 0.404 e. The van der Waals surface area contributed by atoms with Crippen LogP contribution in [0.2, 0.25) is 0 Å². The molecule has 3 rings (SSSR count). The zero-order valence-electron chi connectivity index (χ0n) is 16.5. The lowest BCUT2D eigenvalue weighted by Gasteiger charge is -2.09. The van der Waals surface area contributed by atoms with E-state index >= 15 is 0 Å². The van der Waals surface area contributed by atoms with E-state index in [4.69, 9.17) is 9.84 Å². The van der Waals surface area contributed by atoms with Crippen LogP contribution in [0.15, 0.2) is 78.9 Å². The molecule has 6 nitrogen and oxygen atoms in total. The largest absolute Gasteiger partial charge is 0.489 e. The Kier molecular flexibility index (Phi) is 7.44. The molecule has 0 aromatic heterocycles. The van der Waals surface area contributed by atoms with E-state index < -0.39 is 6.09 Å². The number of carbonyl (C=O) groups excluding carboxylic acids is 1. The minimum atomic E-state index is -1.10. The number of hydrogen-bond donors (Lipinski definition) is 3. The van der Waals surface area contributed by atoms with E-state index in [0.29, 0.717) is 6.61 Å². The topological polar surface area (TPSA) is 87.7 Å². The van der Waals surface area contributed by atoms with Crippen molar-refractivity contribution >= 4 is 12.0 Å². The number of rotatable bonds is 9. The van der Waals surface area contributed by atoms with Crippen molar-refractivity contribution in [3.8, 4) is 16.9 Å². The molecule has 0 saturated heterocycles. The van der Waals surface area contributed by atoms with E-state index in [1.165, 1.54) is 11.1 Å². The molecule has 154 valence electrons. The summed E-state index contributed by atoms with van der Waals surface area (Å²) in [7, 11) is 0. The van der Waals surface area contributed by atoms with Gasteiger partial charge in [-0.25, -0.2) is 4.79 Å². The zero-order chi connectivity index (χ0) is 21.2. The van der Waals surface area contributed by atoms with Crippen LogP contribution in [-0.4, -0.2) is 30.2 Å². The van der Waals surface area contributed by atoms with Crippen LogP contribution in [0.1, 0.15) is 11.1 Å². The molecule has 0 aliphatic carbocycles. The Hall–Kier alpha value is -3.80. The third-order valence-corrected chi connectivity index (χ3v) is 4.48. The summed E-state index contributed by atoms with van der Waals surface area (Å²) in [6.07, 6.45) is -0.874. The Morgan fingerprint density at radius 2 is 1.33 bits per heavy atom. The first-order chi connectivity index (χ1) is 14.6. The number of amides is 2. The molecule has 3 aromatic rings. The standard InChI is InChI=1S/C24H24N2O4/c27-23(25-14-15-26-24(28)29)16-18-8-12-22(13-9-18)30-17-19-6-10-21(11-7-19)20-4-2-1-3-5-20/h1-13,26H,14-17H2,(H,25,27)(H,28,29). The first kappa shape index (κ1) is 20.9. The molecule has 0 aliphatic rings. The van der Waals surface area contributed by atoms with Crippen LogP contribution in [0.25, 0.3) is 11.1 Å². The molecular weight excluding hydrogens is 380 g/mol. The number of ether oxygens (including phenoxy) is 1. The maximum atomic E-state index is 11.9. The second-order valence-electron chi connectivity index (χ2n) is 6.75. The lowest BCUT2D eigenvalue weighted by Crippen LogP contribution is -2.34. The molecule has 0 aliphatic heterocycles. The highest BCUT2D eigenvalue weighted by Crippen LogP contribution is 2.20. The third kappa shape index (κ3) is 6.67. The molecule has 3 N–H and O–H groups in total. The molecule has 6 heteroatoms. The molecule has 0 atom stereocenters. The summed E-state index contributed by atoms with van der Waals surface area (Å²) in [5.74, 6) is 0.575. The summed E-state index contributed by atoms with van der Waals surface area (Å²) >= 11 is 0. The summed E-state index contributed by atoms with van der Waals surface area (Å²) in [5, 5.41) is 13.3. The Balaban J connectivity index is 1.44. The molecule has 0 heterocycles. The van der Waals surface area contributed by atoms with Crippen molar-refractivity contribution in [2.45, 2.75) is 13.0 Å². The van der Waals surface area contributed by atoms with Crippen LogP contribution in [0.4, 0.5) is 4.79 Å².